The van der Waals surface area contributed by atoms with Crippen LogP contribution in [0.1, 0.15) is 25.3 Å². The summed E-state index contributed by atoms with van der Waals surface area (Å²) in [5.41, 5.74) is 2.25. The van der Waals surface area contributed by atoms with Gasteiger partial charge in [-0.3, -0.25) is 14.4 Å². The minimum atomic E-state index is -0.649. The molecule has 0 heterocycles. The number of carbonyl (C=O) groups is 3. The molecule has 142 valence electrons. The lowest BCUT2D eigenvalue weighted by atomic mass is 10.1. The van der Waals surface area contributed by atoms with E-state index in [1.54, 1.807) is 29.2 Å². The van der Waals surface area contributed by atoms with E-state index in [2.05, 4.69) is 5.32 Å². The number of hydrogen-bond acceptors (Lipinski definition) is 4. The topological polar surface area (TPSA) is 86.7 Å². The highest BCUT2D eigenvalue weighted by Crippen LogP contribution is 2.17. The highest BCUT2D eigenvalue weighted by Gasteiger charge is 2.15. The van der Waals surface area contributed by atoms with Crippen LogP contribution in [0.4, 0.5) is 11.4 Å². The SMILES string of the molecule is CCCN(C(=O)Cc1ccc(NC(=O)CC(=O)CO)cc1)c1ccccc1. The molecule has 0 bridgehead atoms. The summed E-state index contributed by atoms with van der Waals surface area (Å²) in [5, 5.41) is 11.3. The quantitative estimate of drug-likeness (QED) is 0.666. The third-order valence-electron chi connectivity index (χ3n) is 3.94. The summed E-state index contributed by atoms with van der Waals surface area (Å²) in [4.78, 5) is 37.2. The number of ketones is 1. The number of para-hydroxylation sites is 1. The molecule has 6 nitrogen and oxygen atoms in total. The highest BCUT2D eigenvalue weighted by molar-refractivity contribution is 6.04. The summed E-state index contributed by atoms with van der Waals surface area (Å²) in [5.74, 6) is -1.00. The van der Waals surface area contributed by atoms with Crippen LogP contribution in [-0.4, -0.2) is 35.9 Å². The molecule has 0 aliphatic heterocycles. The van der Waals surface area contributed by atoms with Crippen molar-refractivity contribution >= 4 is 29.0 Å². The number of rotatable bonds is 9. The molecule has 6 heteroatoms. The summed E-state index contributed by atoms with van der Waals surface area (Å²) in [6.45, 7) is 2.03. The highest BCUT2D eigenvalue weighted by atomic mass is 16.3. The second kappa shape index (κ2) is 10.2. The maximum atomic E-state index is 12.7. The monoisotopic (exact) mass is 368 g/mol. The molecule has 2 aromatic carbocycles. The lowest BCUT2D eigenvalue weighted by Gasteiger charge is -2.22. The number of nitrogens with zero attached hydrogens (tertiary/aromatic N) is 1. The van der Waals surface area contributed by atoms with E-state index in [1.165, 1.54) is 0 Å². The largest absolute Gasteiger partial charge is 0.389 e. The van der Waals surface area contributed by atoms with E-state index in [9.17, 15) is 14.4 Å². The van der Waals surface area contributed by atoms with E-state index >= 15 is 0 Å². The van der Waals surface area contributed by atoms with Crippen LogP contribution >= 0.6 is 0 Å². The number of Topliss-reactive ketones (excluding diaryl/α,β-unsaturated/α-hetero) is 1. The zero-order valence-electron chi connectivity index (χ0n) is 15.4. The van der Waals surface area contributed by atoms with Crippen molar-refractivity contribution in [2.75, 3.05) is 23.4 Å². The molecule has 2 aromatic rings. The predicted octanol–water partition coefficient (Wildman–Crippen LogP) is 2.56. The van der Waals surface area contributed by atoms with Gasteiger partial charge in [0.05, 0.1) is 12.8 Å². The summed E-state index contributed by atoms with van der Waals surface area (Å²) < 4.78 is 0. The van der Waals surface area contributed by atoms with Crippen molar-refractivity contribution in [2.45, 2.75) is 26.2 Å². The molecule has 2 amide bonds. The van der Waals surface area contributed by atoms with E-state index in [-0.39, 0.29) is 18.7 Å². The molecule has 0 aromatic heterocycles. The molecule has 2 N–H and O–H groups in total. The van der Waals surface area contributed by atoms with E-state index in [1.807, 2.05) is 37.3 Å². The molecule has 0 saturated heterocycles. The van der Waals surface area contributed by atoms with Crippen LogP contribution in [0.2, 0.25) is 0 Å². The second-order valence-corrected chi connectivity index (χ2v) is 6.18. The van der Waals surface area contributed by atoms with Crippen LogP contribution in [-0.2, 0) is 20.8 Å². The predicted molar refractivity (Wildman–Crippen MR) is 105 cm³/mol. The second-order valence-electron chi connectivity index (χ2n) is 6.18. The van der Waals surface area contributed by atoms with Crippen molar-refractivity contribution in [2.24, 2.45) is 0 Å². The first-order chi connectivity index (χ1) is 13.0. The molecule has 0 spiro atoms. The molecule has 0 aliphatic carbocycles. The Morgan fingerprint density at radius 2 is 1.67 bits per heavy atom. The fraction of sp³-hybridized carbons (Fsp3) is 0.286. The van der Waals surface area contributed by atoms with Crippen molar-refractivity contribution < 1.29 is 19.5 Å². The Labute approximate surface area is 158 Å². The molecular formula is C21H24N2O4. The molecule has 0 radical (unpaired) electrons. The Bertz CT molecular complexity index is 773. The van der Waals surface area contributed by atoms with Crippen molar-refractivity contribution in [3.63, 3.8) is 0 Å². The molecule has 0 fully saturated rings. The van der Waals surface area contributed by atoms with Gasteiger partial charge in [-0.2, -0.15) is 0 Å². The van der Waals surface area contributed by atoms with Crippen LogP contribution in [0.25, 0.3) is 0 Å². The van der Waals surface area contributed by atoms with Gasteiger partial charge in [0.25, 0.3) is 0 Å². The number of aliphatic hydroxyl groups is 1. The van der Waals surface area contributed by atoms with Crippen LogP contribution in [0.5, 0.6) is 0 Å². The summed E-state index contributed by atoms with van der Waals surface area (Å²) >= 11 is 0. The average molecular weight is 368 g/mol. The Kier molecular flexibility index (Phi) is 7.70. The van der Waals surface area contributed by atoms with E-state index in [0.29, 0.717) is 12.2 Å². The zero-order valence-corrected chi connectivity index (χ0v) is 15.4. The summed E-state index contributed by atoms with van der Waals surface area (Å²) in [6.07, 6.45) is 0.754. The van der Waals surface area contributed by atoms with Gasteiger partial charge >= 0.3 is 0 Å². The Morgan fingerprint density at radius 3 is 2.26 bits per heavy atom. The van der Waals surface area contributed by atoms with Crippen LogP contribution in [0, 0.1) is 0 Å². The van der Waals surface area contributed by atoms with Crippen molar-refractivity contribution in [3.05, 3.63) is 60.2 Å². The number of nitrogens with one attached hydrogen (secondary N) is 1. The first kappa shape index (κ1) is 20.3. The third kappa shape index (κ3) is 6.34. The molecule has 0 aliphatic rings. The molecule has 0 saturated carbocycles. The van der Waals surface area contributed by atoms with Crippen LogP contribution < -0.4 is 10.2 Å². The van der Waals surface area contributed by atoms with Gasteiger partial charge in [-0.25, -0.2) is 0 Å². The Balaban J connectivity index is 1.99. The van der Waals surface area contributed by atoms with Crippen LogP contribution in [0.3, 0.4) is 0 Å². The van der Waals surface area contributed by atoms with Gasteiger partial charge in [0.2, 0.25) is 11.8 Å². The maximum Gasteiger partial charge on any atom is 0.231 e. The normalized spacial score (nSPS) is 10.3. The minimum absolute atomic E-state index is 0.00776. The number of aliphatic hydroxyl groups excluding tert-OH is 1. The summed E-state index contributed by atoms with van der Waals surface area (Å²) in [7, 11) is 0. The summed E-state index contributed by atoms with van der Waals surface area (Å²) in [6, 6.07) is 16.5. The number of hydrogen-bond donors (Lipinski definition) is 2. The average Bonchev–Trinajstić information content (AvgIpc) is 2.68. The van der Waals surface area contributed by atoms with E-state index in [0.717, 1.165) is 17.7 Å². The van der Waals surface area contributed by atoms with E-state index < -0.39 is 18.3 Å². The fourth-order valence-corrected chi connectivity index (χ4v) is 2.65. The Hall–Kier alpha value is -2.99. The maximum absolute atomic E-state index is 12.7. The van der Waals surface area contributed by atoms with Gasteiger partial charge < -0.3 is 15.3 Å². The third-order valence-corrected chi connectivity index (χ3v) is 3.94. The van der Waals surface area contributed by atoms with E-state index in [4.69, 9.17) is 5.11 Å². The smallest absolute Gasteiger partial charge is 0.231 e. The van der Waals surface area contributed by atoms with Crippen molar-refractivity contribution in [1.29, 1.82) is 0 Å². The van der Waals surface area contributed by atoms with Gasteiger partial charge in [0.1, 0.15) is 6.61 Å². The van der Waals surface area contributed by atoms with Gasteiger partial charge in [-0.15, -0.1) is 0 Å². The molecule has 2 rings (SSSR count). The first-order valence-electron chi connectivity index (χ1n) is 8.90. The van der Waals surface area contributed by atoms with Gasteiger partial charge in [0.15, 0.2) is 5.78 Å². The number of anilines is 2. The lowest BCUT2D eigenvalue weighted by Crippen LogP contribution is -2.32. The van der Waals surface area contributed by atoms with Crippen molar-refractivity contribution in [3.8, 4) is 0 Å². The fourth-order valence-electron chi connectivity index (χ4n) is 2.65. The first-order valence-corrected chi connectivity index (χ1v) is 8.90. The van der Waals surface area contributed by atoms with Crippen molar-refractivity contribution in [1.82, 2.24) is 0 Å². The van der Waals surface area contributed by atoms with Gasteiger partial charge in [-0.1, -0.05) is 37.3 Å². The molecular weight excluding hydrogens is 344 g/mol. The number of benzene rings is 2. The standard InChI is InChI=1S/C21H24N2O4/c1-2-12-23(18-6-4-3-5-7-18)21(27)13-16-8-10-17(11-9-16)22-20(26)14-19(25)15-24/h3-11,24H,2,12-15H2,1H3,(H,22,26). The van der Waals surface area contributed by atoms with Crippen LogP contribution in [0.15, 0.2) is 54.6 Å². The lowest BCUT2D eigenvalue weighted by molar-refractivity contribution is -0.127. The molecule has 27 heavy (non-hydrogen) atoms. The minimum Gasteiger partial charge on any atom is -0.389 e. The molecule has 0 unspecified atom stereocenters. The Morgan fingerprint density at radius 1 is 1.00 bits per heavy atom. The zero-order chi connectivity index (χ0) is 19.6. The number of amides is 2. The number of carbonyl (C=O) groups excluding carboxylic acids is 3. The molecule has 0 atom stereocenters. The van der Waals surface area contributed by atoms with Gasteiger partial charge in [-0.05, 0) is 36.2 Å². The van der Waals surface area contributed by atoms with Gasteiger partial charge in [0, 0.05) is 17.9 Å².